The summed E-state index contributed by atoms with van der Waals surface area (Å²) in [6, 6.07) is 7.51. The molecule has 0 bridgehead atoms. The molecule has 0 aliphatic heterocycles. The third-order valence-electron chi connectivity index (χ3n) is 3.54. The van der Waals surface area contributed by atoms with Gasteiger partial charge in [-0.2, -0.15) is 0 Å². The van der Waals surface area contributed by atoms with Gasteiger partial charge in [0.15, 0.2) is 0 Å². The fourth-order valence-corrected chi connectivity index (χ4v) is 2.42. The van der Waals surface area contributed by atoms with Gasteiger partial charge in [-0.1, -0.05) is 12.1 Å². The van der Waals surface area contributed by atoms with E-state index in [1.807, 2.05) is 52.0 Å². The number of anilines is 1. The number of rotatable bonds is 4. The second-order valence-electron chi connectivity index (χ2n) is 8.70. The maximum absolute atomic E-state index is 12.2. The monoisotopic (exact) mass is 406 g/mol. The molecule has 0 aliphatic carbocycles. The Kier molecular flexibility index (Phi) is 8.05. The summed E-state index contributed by atoms with van der Waals surface area (Å²) in [4.78, 5) is 31.2. The van der Waals surface area contributed by atoms with Gasteiger partial charge < -0.3 is 25.0 Å². The summed E-state index contributed by atoms with van der Waals surface area (Å²) in [5, 5.41) is 0. The van der Waals surface area contributed by atoms with E-state index < -0.39 is 23.4 Å². The average molecular weight is 407 g/mol. The van der Waals surface area contributed by atoms with E-state index in [9.17, 15) is 9.59 Å². The Labute approximate surface area is 173 Å². The number of nitrogens with two attached hydrogens (primary N) is 1. The topological polar surface area (TPSA) is 97.5 Å². The van der Waals surface area contributed by atoms with Crippen LogP contribution in [0, 0.1) is 0 Å². The fourth-order valence-electron chi connectivity index (χ4n) is 2.42. The van der Waals surface area contributed by atoms with Crippen molar-refractivity contribution in [2.75, 3.05) is 18.5 Å². The number of ether oxygens (including phenoxy) is 2. The number of hydrogen-bond donors (Lipinski definition) is 1. The van der Waals surface area contributed by atoms with Gasteiger partial charge in [-0.25, -0.2) is 9.59 Å². The van der Waals surface area contributed by atoms with Crippen LogP contribution in [0.15, 0.2) is 29.3 Å². The molecule has 1 aromatic carbocycles. The highest BCUT2D eigenvalue weighted by Gasteiger charge is 2.20. The zero-order valence-electron chi connectivity index (χ0n) is 18.8. The number of benzene rings is 1. The first kappa shape index (κ1) is 24.3. The van der Waals surface area contributed by atoms with E-state index in [0.29, 0.717) is 13.1 Å². The van der Waals surface area contributed by atoms with Gasteiger partial charge in [0.1, 0.15) is 11.2 Å². The van der Waals surface area contributed by atoms with Crippen LogP contribution in [0.25, 0.3) is 0 Å². The molecule has 0 spiro atoms. The van der Waals surface area contributed by atoms with Gasteiger partial charge in [0.25, 0.3) is 0 Å². The number of guanidine groups is 1. The number of nitrogens with zero attached hydrogens (tertiary/aromatic N) is 3. The Morgan fingerprint density at radius 1 is 1.07 bits per heavy atom. The van der Waals surface area contributed by atoms with Crippen LogP contribution in [0.5, 0.6) is 0 Å². The molecular formula is C21H34N4O4. The highest BCUT2D eigenvalue weighted by molar-refractivity contribution is 6.00. The minimum absolute atomic E-state index is 0.0411. The maximum atomic E-state index is 12.2. The van der Waals surface area contributed by atoms with Crippen LogP contribution in [-0.2, 0) is 16.0 Å². The van der Waals surface area contributed by atoms with Crippen LogP contribution in [0.1, 0.15) is 54.0 Å². The summed E-state index contributed by atoms with van der Waals surface area (Å²) < 4.78 is 10.6. The van der Waals surface area contributed by atoms with Gasteiger partial charge in [-0.15, -0.1) is 4.99 Å². The minimum atomic E-state index is -0.741. The summed E-state index contributed by atoms with van der Waals surface area (Å²) >= 11 is 0. The summed E-state index contributed by atoms with van der Waals surface area (Å²) in [7, 11) is 1.68. The second kappa shape index (κ2) is 9.62. The summed E-state index contributed by atoms with van der Waals surface area (Å²) in [6.45, 7) is 13.5. The zero-order chi connectivity index (χ0) is 22.4. The summed E-state index contributed by atoms with van der Waals surface area (Å²) in [6.07, 6.45) is -1.14. The summed E-state index contributed by atoms with van der Waals surface area (Å²) in [5.41, 5.74) is 6.48. The van der Waals surface area contributed by atoms with Gasteiger partial charge in [0, 0.05) is 25.8 Å². The predicted octanol–water partition coefficient (Wildman–Crippen LogP) is 4.13. The van der Waals surface area contributed by atoms with E-state index >= 15 is 0 Å². The van der Waals surface area contributed by atoms with Crippen LogP contribution < -0.4 is 10.6 Å². The number of carbonyl (C=O) groups excluding carboxylic acids is 2. The van der Waals surface area contributed by atoms with Gasteiger partial charge in [-0.05, 0) is 66.2 Å². The van der Waals surface area contributed by atoms with Crippen molar-refractivity contribution >= 4 is 23.8 Å². The molecule has 0 saturated heterocycles. The Hall–Kier alpha value is -2.77. The normalized spacial score (nSPS) is 12.3. The Morgan fingerprint density at radius 2 is 1.66 bits per heavy atom. The lowest BCUT2D eigenvalue weighted by Crippen LogP contribution is -2.38. The average Bonchev–Trinajstić information content (AvgIpc) is 2.52. The van der Waals surface area contributed by atoms with Crippen molar-refractivity contribution < 1.29 is 19.1 Å². The predicted molar refractivity (Wildman–Crippen MR) is 115 cm³/mol. The molecule has 162 valence electrons. The van der Waals surface area contributed by atoms with E-state index in [1.54, 1.807) is 32.7 Å². The van der Waals surface area contributed by atoms with E-state index in [0.717, 1.165) is 11.3 Å². The first-order chi connectivity index (χ1) is 13.2. The van der Waals surface area contributed by atoms with Crippen molar-refractivity contribution in [3.05, 3.63) is 29.8 Å². The van der Waals surface area contributed by atoms with Crippen LogP contribution in [0.3, 0.4) is 0 Å². The van der Waals surface area contributed by atoms with Crippen LogP contribution in [0.2, 0.25) is 0 Å². The van der Waals surface area contributed by atoms with Crippen molar-refractivity contribution in [2.24, 2.45) is 10.7 Å². The second-order valence-corrected chi connectivity index (χ2v) is 8.70. The van der Waals surface area contributed by atoms with Gasteiger partial charge >= 0.3 is 12.2 Å². The zero-order valence-corrected chi connectivity index (χ0v) is 18.8. The van der Waals surface area contributed by atoms with Crippen LogP contribution >= 0.6 is 0 Å². The molecule has 0 heterocycles. The molecule has 29 heavy (non-hydrogen) atoms. The van der Waals surface area contributed by atoms with Gasteiger partial charge in [-0.3, -0.25) is 0 Å². The largest absolute Gasteiger partial charge is 0.444 e. The molecule has 0 aliphatic rings. The van der Waals surface area contributed by atoms with Crippen molar-refractivity contribution in [1.29, 1.82) is 0 Å². The first-order valence-electron chi connectivity index (χ1n) is 9.59. The van der Waals surface area contributed by atoms with E-state index in [1.165, 1.54) is 4.90 Å². The van der Waals surface area contributed by atoms with Crippen molar-refractivity contribution in [3.8, 4) is 0 Å². The Bertz CT molecular complexity index is 748. The molecular weight excluding hydrogens is 372 g/mol. The number of amides is 2. The van der Waals surface area contributed by atoms with E-state index in [2.05, 4.69) is 4.99 Å². The molecule has 0 unspecified atom stereocenters. The molecule has 1 aromatic rings. The van der Waals surface area contributed by atoms with Crippen molar-refractivity contribution in [3.63, 3.8) is 0 Å². The quantitative estimate of drug-likeness (QED) is 0.596. The molecule has 0 fully saturated rings. The molecule has 1 rings (SSSR count). The van der Waals surface area contributed by atoms with Crippen LogP contribution in [-0.4, -0.2) is 47.8 Å². The lowest BCUT2D eigenvalue weighted by molar-refractivity contribution is 0.0284. The number of hydrogen-bond acceptors (Lipinski definition) is 4. The first-order valence-corrected chi connectivity index (χ1v) is 9.59. The molecule has 0 saturated carbocycles. The van der Waals surface area contributed by atoms with Crippen LogP contribution in [0.4, 0.5) is 15.3 Å². The van der Waals surface area contributed by atoms with Gasteiger partial charge in [0.2, 0.25) is 5.96 Å². The Balaban J connectivity index is 2.95. The molecule has 0 aromatic heterocycles. The SMILES string of the molecule is CCN(C(N)=NC(=O)OC(C)(C)C)c1cccc(CN(C)C(=O)OC(C)(C)C)c1. The highest BCUT2D eigenvalue weighted by Crippen LogP contribution is 2.18. The summed E-state index contributed by atoms with van der Waals surface area (Å²) in [5.74, 6) is 0.0411. The lowest BCUT2D eigenvalue weighted by Gasteiger charge is -2.26. The lowest BCUT2D eigenvalue weighted by atomic mass is 10.1. The molecule has 2 N–H and O–H groups in total. The third-order valence-corrected chi connectivity index (χ3v) is 3.54. The molecule has 8 heteroatoms. The minimum Gasteiger partial charge on any atom is -0.444 e. The Morgan fingerprint density at radius 3 is 2.17 bits per heavy atom. The van der Waals surface area contributed by atoms with E-state index in [4.69, 9.17) is 15.2 Å². The number of carbonyl (C=O) groups is 2. The van der Waals surface area contributed by atoms with Gasteiger partial charge in [0.05, 0.1) is 0 Å². The van der Waals surface area contributed by atoms with Crippen molar-refractivity contribution in [2.45, 2.75) is 66.2 Å². The van der Waals surface area contributed by atoms with E-state index in [-0.39, 0.29) is 5.96 Å². The maximum Gasteiger partial charge on any atom is 0.437 e. The third kappa shape index (κ3) is 8.85. The molecule has 2 amide bonds. The molecule has 0 radical (unpaired) electrons. The number of aliphatic imine (C=N–C) groups is 1. The smallest absolute Gasteiger partial charge is 0.437 e. The molecule has 0 atom stereocenters. The standard InChI is InChI=1S/C21H34N4O4/c1-9-25(17(22)23-18(26)28-20(2,3)4)16-12-10-11-15(13-16)14-24(8)19(27)29-21(5,6)7/h10-13H,9,14H2,1-8H3,(H2,22,23,26). The molecule has 8 nitrogen and oxygen atoms in total. The highest BCUT2D eigenvalue weighted by atomic mass is 16.6. The van der Waals surface area contributed by atoms with Crippen molar-refractivity contribution in [1.82, 2.24) is 4.90 Å². The fraction of sp³-hybridized carbons (Fsp3) is 0.571.